The van der Waals surface area contributed by atoms with Crippen molar-refractivity contribution >= 4 is 10.9 Å². The highest BCUT2D eigenvalue weighted by atomic mass is 19.1. The Kier molecular flexibility index (Phi) is 4.75. The number of aromatic nitrogens is 1. The zero-order valence-corrected chi connectivity index (χ0v) is 14.4. The predicted octanol–water partition coefficient (Wildman–Crippen LogP) is 5.60. The van der Waals surface area contributed by atoms with Gasteiger partial charge in [-0.3, -0.25) is 0 Å². The third kappa shape index (κ3) is 3.49. The summed E-state index contributed by atoms with van der Waals surface area (Å²) < 4.78 is 41.0. The van der Waals surface area contributed by atoms with E-state index in [4.69, 9.17) is 9.47 Å². The molecule has 0 aliphatic rings. The highest BCUT2D eigenvalue weighted by Gasteiger charge is 2.23. The van der Waals surface area contributed by atoms with Crippen LogP contribution >= 0.6 is 0 Å². The van der Waals surface area contributed by atoms with Crippen LogP contribution in [0.1, 0.15) is 11.1 Å². The van der Waals surface area contributed by atoms with Gasteiger partial charge in [-0.25, -0.2) is 4.39 Å². The van der Waals surface area contributed by atoms with Gasteiger partial charge in [0.05, 0.1) is 5.52 Å². The van der Waals surface area contributed by atoms with Crippen molar-refractivity contribution in [3.8, 4) is 11.5 Å². The molecule has 136 valence electrons. The van der Waals surface area contributed by atoms with E-state index in [1.807, 2.05) is 60.7 Å². The van der Waals surface area contributed by atoms with Crippen LogP contribution in [0.3, 0.4) is 0 Å². The van der Waals surface area contributed by atoms with Gasteiger partial charge >= 0.3 is 0 Å². The van der Waals surface area contributed by atoms with E-state index >= 15 is 4.39 Å². The number of H-pyrrole nitrogens is 1. The van der Waals surface area contributed by atoms with E-state index < -0.39 is 17.4 Å². The molecule has 0 aliphatic carbocycles. The Bertz CT molecular complexity index is 1050. The fraction of sp³-hybridized carbons (Fsp3) is 0.0909. The first-order chi connectivity index (χ1) is 13.2. The van der Waals surface area contributed by atoms with Crippen LogP contribution in [0.5, 0.6) is 11.5 Å². The molecule has 0 saturated heterocycles. The van der Waals surface area contributed by atoms with E-state index in [-0.39, 0.29) is 29.9 Å². The summed E-state index contributed by atoms with van der Waals surface area (Å²) in [5, 5.41) is 0.225. The summed E-state index contributed by atoms with van der Waals surface area (Å²) in [6.07, 6.45) is 1.55. The fourth-order valence-electron chi connectivity index (χ4n) is 2.89. The Balaban J connectivity index is 1.66. The third-order valence-corrected chi connectivity index (χ3v) is 4.26. The molecule has 1 heterocycles. The predicted molar refractivity (Wildman–Crippen MR) is 99.8 cm³/mol. The van der Waals surface area contributed by atoms with E-state index in [0.717, 1.165) is 11.1 Å². The highest BCUT2D eigenvalue weighted by molar-refractivity contribution is 5.88. The summed E-state index contributed by atoms with van der Waals surface area (Å²) in [4.78, 5) is 2.85. The van der Waals surface area contributed by atoms with Crippen LogP contribution < -0.4 is 9.47 Å². The smallest absolute Gasteiger partial charge is 0.212 e. The number of benzene rings is 3. The van der Waals surface area contributed by atoms with Crippen LogP contribution in [0.25, 0.3) is 10.9 Å². The monoisotopic (exact) mass is 365 g/mol. The molecule has 0 saturated carbocycles. The number of hydrogen-bond acceptors (Lipinski definition) is 2. The first-order valence-electron chi connectivity index (χ1n) is 8.55. The molecule has 0 fully saturated rings. The number of aromatic amines is 1. The van der Waals surface area contributed by atoms with Gasteiger partial charge in [-0.2, -0.15) is 4.39 Å². The number of halogens is 2. The van der Waals surface area contributed by atoms with Gasteiger partial charge in [0.2, 0.25) is 5.82 Å². The van der Waals surface area contributed by atoms with Gasteiger partial charge in [-0.05, 0) is 17.2 Å². The second-order valence-electron chi connectivity index (χ2n) is 6.10. The molecule has 1 aromatic heterocycles. The zero-order chi connectivity index (χ0) is 18.6. The molecule has 3 nitrogen and oxygen atoms in total. The normalized spacial score (nSPS) is 10.9. The lowest BCUT2D eigenvalue weighted by molar-refractivity contribution is 0.255. The molecule has 0 radical (unpaired) electrons. The minimum absolute atomic E-state index is 0.0525. The standard InChI is InChI=1S/C22H17F2NO2/c23-18-17-11-12-25-20(17)22(27-14-16-9-5-2-6-10-16)19(24)21(18)26-13-15-7-3-1-4-8-15/h1-12,25H,13-14H2. The summed E-state index contributed by atoms with van der Waals surface area (Å²) in [6.45, 7) is 0.221. The van der Waals surface area contributed by atoms with Crippen molar-refractivity contribution in [3.63, 3.8) is 0 Å². The van der Waals surface area contributed by atoms with Crippen molar-refractivity contribution in [2.24, 2.45) is 0 Å². The lowest BCUT2D eigenvalue weighted by Gasteiger charge is -2.14. The quantitative estimate of drug-likeness (QED) is 0.482. The molecule has 0 unspecified atom stereocenters. The largest absolute Gasteiger partial charge is 0.483 e. The molecule has 27 heavy (non-hydrogen) atoms. The van der Waals surface area contributed by atoms with Gasteiger partial charge in [0.25, 0.3) is 0 Å². The van der Waals surface area contributed by atoms with Gasteiger partial charge in [-0.1, -0.05) is 60.7 Å². The van der Waals surface area contributed by atoms with Gasteiger partial charge in [0.1, 0.15) is 13.2 Å². The van der Waals surface area contributed by atoms with Crippen LogP contribution in [0.2, 0.25) is 0 Å². The molecular weight excluding hydrogens is 348 g/mol. The van der Waals surface area contributed by atoms with E-state index in [1.54, 1.807) is 6.20 Å². The molecule has 3 aromatic carbocycles. The Morgan fingerprint density at radius 3 is 1.81 bits per heavy atom. The van der Waals surface area contributed by atoms with Crippen molar-refractivity contribution in [2.75, 3.05) is 0 Å². The lowest BCUT2D eigenvalue weighted by atomic mass is 10.2. The Morgan fingerprint density at radius 1 is 0.667 bits per heavy atom. The third-order valence-electron chi connectivity index (χ3n) is 4.26. The van der Waals surface area contributed by atoms with E-state index in [1.165, 1.54) is 6.07 Å². The summed E-state index contributed by atoms with van der Waals surface area (Å²) >= 11 is 0. The molecule has 0 spiro atoms. The summed E-state index contributed by atoms with van der Waals surface area (Å²) in [5.41, 5.74) is 1.97. The van der Waals surface area contributed by atoms with Crippen LogP contribution in [0.4, 0.5) is 8.78 Å². The number of fused-ring (bicyclic) bond motifs is 1. The van der Waals surface area contributed by atoms with Crippen molar-refractivity contribution in [3.05, 3.63) is 95.7 Å². The van der Waals surface area contributed by atoms with Crippen molar-refractivity contribution in [2.45, 2.75) is 13.2 Å². The van der Waals surface area contributed by atoms with Gasteiger partial charge < -0.3 is 14.5 Å². The van der Waals surface area contributed by atoms with Crippen LogP contribution in [-0.2, 0) is 13.2 Å². The maximum absolute atomic E-state index is 15.0. The van der Waals surface area contributed by atoms with Crippen molar-refractivity contribution in [1.82, 2.24) is 4.98 Å². The molecule has 0 aliphatic heterocycles. The molecule has 4 aromatic rings. The maximum atomic E-state index is 15.0. The lowest BCUT2D eigenvalue weighted by Crippen LogP contribution is -2.04. The Labute approximate surface area is 155 Å². The van der Waals surface area contributed by atoms with E-state index in [2.05, 4.69) is 4.98 Å². The summed E-state index contributed by atoms with van der Waals surface area (Å²) in [7, 11) is 0. The van der Waals surface area contributed by atoms with E-state index in [0.29, 0.717) is 0 Å². The second kappa shape index (κ2) is 7.50. The van der Waals surface area contributed by atoms with Crippen molar-refractivity contribution in [1.29, 1.82) is 0 Å². The number of hydrogen-bond donors (Lipinski definition) is 1. The summed E-state index contributed by atoms with van der Waals surface area (Å²) in [5.74, 6) is -2.08. The Morgan fingerprint density at radius 2 is 1.22 bits per heavy atom. The average molecular weight is 365 g/mol. The average Bonchev–Trinajstić information content (AvgIpc) is 3.19. The van der Waals surface area contributed by atoms with E-state index in [9.17, 15) is 4.39 Å². The zero-order valence-electron chi connectivity index (χ0n) is 14.4. The fourth-order valence-corrected chi connectivity index (χ4v) is 2.89. The summed E-state index contributed by atoms with van der Waals surface area (Å²) in [6, 6.07) is 20.1. The molecule has 5 heteroatoms. The number of ether oxygens (including phenoxy) is 2. The first-order valence-corrected chi connectivity index (χ1v) is 8.55. The highest BCUT2D eigenvalue weighted by Crippen LogP contribution is 2.38. The molecule has 0 amide bonds. The van der Waals surface area contributed by atoms with Gasteiger partial charge in [-0.15, -0.1) is 0 Å². The van der Waals surface area contributed by atoms with Crippen LogP contribution in [0.15, 0.2) is 72.9 Å². The van der Waals surface area contributed by atoms with Gasteiger partial charge in [0, 0.05) is 11.6 Å². The van der Waals surface area contributed by atoms with Crippen LogP contribution in [-0.4, -0.2) is 4.98 Å². The second-order valence-corrected chi connectivity index (χ2v) is 6.10. The Hall–Kier alpha value is -3.34. The number of nitrogens with one attached hydrogen (secondary N) is 1. The first kappa shape index (κ1) is 17.1. The SMILES string of the molecule is Fc1c(OCc2ccccc2)c(F)c2cc[nH]c2c1OCc1ccccc1. The van der Waals surface area contributed by atoms with Crippen LogP contribution in [0, 0.1) is 11.6 Å². The molecule has 0 bridgehead atoms. The molecular formula is C22H17F2NO2. The topological polar surface area (TPSA) is 34.2 Å². The molecule has 1 N–H and O–H groups in total. The molecule has 0 atom stereocenters. The number of rotatable bonds is 6. The maximum Gasteiger partial charge on any atom is 0.212 e. The molecule has 4 rings (SSSR count). The minimum Gasteiger partial charge on any atom is -0.483 e. The van der Waals surface area contributed by atoms with Crippen molar-refractivity contribution < 1.29 is 18.3 Å². The minimum atomic E-state index is -0.852. The van der Waals surface area contributed by atoms with Gasteiger partial charge in [0.15, 0.2) is 17.3 Å².